The van der Waals surface area contributed by atoms with E-state index >= 15 is 0 Å². The van der Waals surface area contributed by atoms with Gasteiger partial charge in [-0.2, -0.15) is 0 Å². The highest BCUT2D eigenvalue weighted by atomic mass is 14.0. The van der Waals surface area contributed by atoms with Gasteiger partial charge in [-0.1, -0.05) is 68.4 Å². The Balaban J connectivity index is 3.82. The van der Waals surface area contributed by atoms with Crippen molar-refractivity contribution in [2.24, 2.45) is 5.92 Å². The van der Waals surface area contributed by atoms with Crippen molar-refractivity contribution >= 4 is 0 Å². The monoisotopic (exact) mass is 274 g/mol. The van der Waals surface area contributed by atoms with Crippen molar-refractivity contribution in [3.8, 4) is 0 Å². The fourth-order valence-corrected chi connectivity index (χ4v) is 2.15. The van der Waals surface area contributed by atoms with Crippen molar-refractivity contribution in [1.29, 1.82) is 0 Å². The van der Waals surface area contributed by atoms with E-state index in [0.717, 1.165) is 24.3 Å². The lowest BCUT2D eigenvalue weighted by atomic mass is 10.0. The maximum atomic E-state index is 3.94. The molecule has 0 amide bonds. The number of hydrogen-bond acceptors (Lipinski definition) is 0. The molecule has 0 aliphatic carbocycles. The van der Waals surface area contributed by atoms with Gasteiger partial charge in [-0.05, 0) is 58.3 Å². The lowest BCUT2D eigenvalue weighted by molar-refractivity contribution is 0.554. The molecule has 0 atom stereocenters. The summed E-state index contributed by atoms with van der Waals surface area (Å²) < 4.78 is 0. The molecule has 0 spiro atoms. The van der Waals surface area contributed by atoms with Crippen LogP contribution in [-0.2, 0) is 0 Å². The first-order valence-corrected chi connectivity index (χ1v) is 8.07. The van der Waals surface area contributed by atoms with Crippen molar-refractivity contribution < 1.29 is 0 Å². The average molecular weight is 274 g/mol. The molecular formula is C20H34. The molecule has 0 saturated heterocycles. The van der Waals surface area contributed by atoms with Crippen LogP contribution in [0.2, 0.25) is 0 Å². The molecule has 0 aromatic carbocycles. The summed E-state index contributed by atoms with van der Waals surface area (Å²) in [6, 6.07) is 0. The molecule has 0 bridgehead atoms. The summed E-state index contributed by atoms with van der Waals surface area (Å²) in [5.41, 5.74) is 4.18. The maximum Gasteiger partial charge on any atom is -0.0250 e. The lowest BCUT2D eigenvalue weighted by Crippen LogP contribution is -1.88. The first-order valence-electron chi connectivity index (χ1n) is 8.07. The minimum atomic E-state index is 0.832. The molecule has 0 rings (SSSR count). The molecule has 114 valence electrons. The standard InChI is InChI=1S/C20H34/c1-7-18(4)12-9-14-20(6)16-10-15-19(5)13-8-11-17(2)3/h7,14-15,17H,1,4,8-13,16H2,2-3,5-6H3/b19-15+,20-14?. The minimum Gasteiger partial charge on any atom is -0.0988 e. The third-order valence-electron chi connectivity index (χ3n) is 3.63. The molecule has 0 aromatic heterocycles. The van der Waals surface area contributed by atoms with Crippen LogP contribution in [0.3, 0.4) is 0 Å². The van der Waals surface area contributed by atoms with E-state index in [2.05, 4.69) is 53.0 Å². The van der Waals surface area contributed by atoms with Crippen LogP contribution in [0.25, 0.3) is 0 Å². The van der Waals surface area contributed by atoms with Gasteiger partial charge in [-0.15, -0.1) is 0 Å². The molecule has 0 fully saturated rings. The van der Waals surface area contributed by atoms with Crippen LogP contribution in [0, 0.1) is 5.92 Å². The molecule has 0 unspecified atom stereocenters. The third-order valence-corrected chi connectivity index (χ3v) is 3.63. The van der Waals surface area contributed by atoms with Crippen LogP contribution < -0.4 is 0 Å². The fourth-order valence-electron chi connectivity index (χ4n) is 2.15. The average Bonchev–Trinajstić information content (AvgIpc) is 2.38. The molecule has 0 N–H and O–H groups in total. The van der Waals surface area contributed by atoms with Crippen LogP contribution >= 0.6 is 0 Å². The Morgan fingerprint density at radius 1 is 0.950 bits per heavy atom. The molecule has 0 aromatic rings. The van der Waals surface area contributed by atoms with Crippen LogP contribution in [0.4, 0.5) is 0 Å². The predicted octanol–water partition coefficient (Wildman–Crippen LogP) is 7.01. The van der Waals surface area contributed by atoms with E-state index in [1.807, 2.05) is 6.08 Å². The van der Waals surface area contributed by atoms with E-state index in [4.69, 9.17) is 0 Å². The van der Waals surface area contributed by atoms with Gasteiger partial charge in [0.2, 0.25) is 0 Å². The summed E-state index contributed by atoms with van der Waals surface area (Å²) in [5, 5.41) is 0. The zero-order valence-electron chi connectivity index (χ0n) is 14.2. The van der Waals surface area contributed by atoms with Gasteiger partial charge in [0.05, 0.1) is 0 Å². The molecular weight excluding hydrogens is 240 g/mol. The van der Waals surface area contributed by atoms with Crippen LogP contribution in [0.5, 0.6) is 0 Å². The molecule has 0 heteroatoms. The first-order chi connectivity index (χ1) is 9.45. The van der Waals surface area contributed by atoms with Crippen molar-refractivity contribution in [1.82, 2.24) is 0 Å². The molecule has 20 heavy (non-hydrogen) atoms. The summed E-state index contributed by atoms with van der Waals surface area (Å²) in [5.74, 6) is 0.832. The summed E-state index contributed by atoms with van der Waals surface area (Å²) in [6.45, 7) is 16.8. The second-order valence-corrected chi connectivity index (χ2v) is 6.33. The maximum absolute atomic E-state index is 3.94. The van der Waals surface area contributed by atoms with Gasteiger partial charge in [0.1, 0.15) is 0 Å². The fraction of sp³-hybridized carbons (Fsp3) is 0.600. The first kappa shape index (κ1) is 19.0. The van der Waals surface area contributed by atoms with E-state index in [0.29, 0.717) is 0 Å². The SMILES string of the molecule is C=CC(=C)CCC=C(C)CC/C=C(\C)CCCC(C)C. The number of hydrogen-bond donors (Lipinski definition) is 0. The van der Waals surface area contributed by atoms with Gasteiger partial charge < -0.3 is 0 Å². The van der Waals surface area contributed by atoms with E-state index in [9.17, 15) is 0 Å². The smallest absolute Gasteiger partial charge is 0.0250 e. The summed E-state index contributed by atoms with van der Waals surface area (Å²) in [6.07, 6.45) is 15.0. The lowest BCUT2D eigenvalue weighted by Gasteiger charge is -2.05. The molecule has 0 nitrogen and oxygen atoms in total. The summed E-state index contributed by atoms with van der Waals surface area (Å²) >= 11 is 0. The molecule has 0 aliphatic heterocycles. The topological polar surface area (TPSA) is 0 Å². The van der Waals surface area contributed by atoms with Crippen molar-refractivity contribution in [3.63, 3.8) is 0 Å². The Morgan fingerprint density at radius 2 is 1.50 bits per heavy atom. The summed E-state index contributed by atoms with van der Waals surface area (Å²) in [4.78, 5) is 0. The largest absolute Gasteiger partial charge is 0.0988 e. The predicted molar refractivity (Wildman–Crippen MR) is 94.0 cm³/mol. The highest BCUT2D eigenvalue weighted by molar-refractivity contribution is 5.12. The van der Waals surface area contributed by atoms with Crippen LogP contribution in [-0.4, -0.2) is 0 Å². The van der Waals surface area contributed by atoms with Gasteiger partial charge >= 0.3 is 0 Å². The van der Waals surface area contributed by atoms with Crippen LogP contribution in [0.1, 0.15) is 72.6 Å². The highest BCUT2D eigenvalue weighted by Crippen LogP contribution is 2.14. The normalized spacial score (nSPS) is 12.8. The van der Waals surface area contributed by atoms with Crippen molar-refractivity contribution in [3.05, 3.63) is 48.1 Å². The minimum absolute atomic E-state index is 0.832. The van der Waals surface area contributed by atoms with E-state index < -0.39 is 0 Å². The van der Waals surface area contributed by atoms with E-state index in [-0.39, 0.29) is 0 Å². The Bertz CT molecular complexity index is 339. The van der Waals surface area contributed by atoms with Crippen molar-refractivity contribution in [2.75, 3.05) is 0 Å². The van der Waals surface area contributed by atoms with E-state index in [1.54, 1.807) is 5.57 Å². The van der Waals surface area contributed by atoms with E-state index in [1.165, 1.54) is 37.7 Å². The molecule has 0 saturated carbocycles. The number of allylic oxidation sites excluding steroid dienone is 6. The Kier molecular flexibility index (Phi) is 11.1. The quantitative estimate of drug-likeness (QED) is 0.281. The second kappa shape index (κ2) is 11.8. The van der Waals surface area contributed by atoms with Gasteiger partial charge in [0.15, 0.2) is 0 Å². The Labute approximate surface area is 127 Å². The highest BCUT2D eigenvalue weighted by Gasteiger charge is 1.96. The zero-order valence-corrected chi connectivity index (χ0v) is 14.2. The molecule has 0 radical (unpaired) electrons. The van der Waals surface area contributed by atoms with Gasteiger partial charge in [-0.25, -0.2) is 0 Å². The van der Waals surface area contributed by atoms with Gasteiger partial charge in [-0.3, -0.25) is 0 Å². The molecule has 0 heterocycles. The van der Waals surface area contributed by atoms with Gasteiger partial charge in [0.25, 0.3) is 0 Å². The summed E-state index contributed by atoms with van der Waals surface area (Å²) in [7, 11) is 0. The third kappa shape index (κ3) is 12.0. The van der Waals surface area contributed by atoms with Gasteiger partial charge in [0, 0.05) is 0 Å². The van der Waals surface area contributed by atoms with Crippen molar-refractivity contribution in [2.45, 2.75) is 72.6 Å². The number of rotatable bonds is 11. The van der Waals surface area contributed by atoms with Crippen LogP contribution in [0.15, 0.2) is 48.1 Å². The Morgan fingerprint density at radius 3 is 2.05 bits per heavy atom. The zero-order chi connectivity index (χ0) is 15.4. The Hall–Kier alpha value is -1.04. The second-order valence-electron chi connectivity index (χ2n) is 6.33. The molecule has 0 aliphatic rings.